The third-order valence-corrected chi connectivity index (χ3v) is 3.64. The second-order valence-corrected chi connectivity index (χ2v) is 5.46. The first-order valence-corrected chi connectivity index (χ1v) is 7.17. The van der Waals surface area contributed by atoms with Crippen LogP contribution in [0.5, 0.6) is 0 Å². The maximum absolute atomic E-state index is 13.0. The molecule has 0 unspecified atom stereocenters. The standard InChI is InChI=1S/C17H8F6O5/c18-16(19,20)11-5-7(1-3-9(11)14(25)26)13(24)8-2-4-10(15(27)28)12(6-8)17(21,22)23/h1-6H,(H,25,26)(H,27,28). The van der Waals surface area contributed by atoms with Crippen molar-refractivity contribution < 1.29 is 50.9 Å². The number of halogens is 6. The van der Waals surface area contributed by atoms with Crippen molar-refractivity contribution in [3.8, 4) is 0 Å². The van der Waals surface area contributed by atoms with E-state index in [2.05, 4.69) is 0 Å². The Hall–Kier alpha value is -3.37. The number of carbonyl (C=O) groups excluding carboxylic acids is 1. The first-order chi connectivity index (χ1) is 12.7. The van der Waals surface area contributed by atoms with Crippen LogP contribution < -0.4 is 0 Å². The third kappa shape index (κ3) is 4.13. The van der Waals surface area contributed by atoms with Gasteiger partial charge in [-0.05, 0) is 24.3 Å². The second kappa shape index (κ2) is 6.98. The number of aromatic carboxylic acids is 2. The summed E-state index contributed by atoms with van der Waals surface area (Å²) in [5.41, 5.74) is -7.00. The highest BCUT2D eigenvalue weighted by Gasteiger charge is 2.37. The minimum atomic E-state index is -5.13. The number of benzene rings is 2. The van der Waals surface area contributed by atoms with Crippen molar-refractivity contribution in [2.75, 3.05) is 0 Å². The Bertz CT molecular complexity index is 897. The highest BCUT2D eigenvalue weighted by atomic mass is 19.4. The van der Waals surface area contributed by atoms with Crippen LogP contribution in [0.2, 0.25) is 0 Å². The van der Waals surface area contributed by atoms with Crippen molar-refractivity contribution in [1.82, 2.24) is 0 Å². The molecular formula is C17H8F6O5. The summed E-state index contributed by atoms with van der Waals surface area (Å²) < 4.78 is 78.2. The molecule has 0 fully saturated rings. The van der Waals surface area contributed by atoms with Crippen molar-refractivity contribution >= 4 is 17.7 Å². The molecule has 0 aliphatic carbocycles. The molecule has 0 aromatic heterocycles. The summed E-state index contributed by atoms with van der Waals surface area (Å²) in [6.45, 7) is 0. The second-order valence-electron chi connectivity index (χ2n) is 5.46. The number of rotatable bonds is 4. The normalized spacial score (nSPS) is 11.9. The SMILES string of the molecule is O=C(c1ccc(C(=O)O)c(C(F)(F)F)c1)c1ccc(C(=O)O)c(C(F)(F)F)c1. The number of hydrogen-bond donors (Lipinski definition) is 2. The third-order valence-electron chi connectivity index (χ3n) is 3.64. The van der Waals surface area contributed by atoms with Crippen LogP contribution in [0, 0.1) is 0 Å². The molecule has 0 amide bonds. The molecule has 2 rings (SSSR count). The molecule has 0 saturated heterocycles. The summed E-state index contributed by atoms with van der Waals surface area (Å²) in [5.74, 6) is -5.09. The average Bonchev–Trinajstić information content (AvgIpc) is 2.58. The van der Waals surface area contributed by atoms with Crippen LogP contribution in [0.1, 0.15) is 47.8 Å². The van der Waals surface area contributed by atoms with Gasteiger partial charge in [-0.3, -0.25) is 4.79 Å². The smallest absolute Gasteiger partial charge is 0.417 e. The van der Waals surface area contributed by atoms with E-state index in [1.54, 1.807) is 0 Å². The maximum atomic E-state index is 13.0. The fourth-order valence-electron chi connectivity index (χ4n) is 2.38. The molecule has 0 radical (unpaired) electrons. The molecule has 0 heterocycles. The van der Waals surface area contributed by atoms with Gasteiger partial charge in [0.15, 0.2) is 5.78 Å². The number of carbonyl (C=O) groups is 3. The predicted molar refractivity (Wildman–Crippen MR) is 80.2 cm³/mol. The van der Waals surface area contributed by atoms with Crippen molar-refractivity contribution in [3.63, 3.8) is 0 Å². The molecule has 2 aromatic carbocycles. The topological polar surface area (TPSA) is 91.7 Å². The minimum Gasteiger partial charge on any atom is -0.478 e. The highest BCUT2D eigenvalue weighted by molar-refractivity contribution is 6.10. The van der Waals surface area contributed by atoms with Crippen LogP contribution in [0.25, 0.3) is 0 Å². The zero-order chi connectivity index (χ0) is 21.4. The van der Waals surface area contributed by atoms with Gasteiger partial charge in [-0.15, -0.1) is 0 Å². The Kier molecular flexibility index (Phi) is 5.22. The van der Waals surface area contributed by atoms with Crippen molar-refractivity contribution in [2.45, 2.75) is 12.4 Å². The summed E-state index contributed by atoms with van der Waals surface area (Å²) in [7, 11) is 0. The van der Waals surface area contributed by atoms with E-state index in [-0.39, 0.29) is 12.1 Å². The van der Waals surface area contributed by atoms with Gasteiger partial charge in [0.25, 0.3) is 0 Å². The van der Waals surface area contributed by atoms with Crippen LogP contribution in [0.4, 0.5) is 26.3 Å². The van der Waals surface area contributed by atoms with E-state index in [0.29, 0.717) is 12.1 Å². The maximum Gasteiger partial charge on any atom is 0.417 e. The molecule has 0 aliphatic rings. The van der Waals surface area contributed by atoms with E-state index < -0.39 is 63.5 Å². The van der Waals surface area contributed by atoms with Gasteiger partial charge in [-0.25, -0.2) is 9.59 Å². The molecule has 0 atom stereocenters. The molecule has 2 aromatic rings. The quantitative estimate of drug-likeness (QED) is 0.582. The van der Waals surface area contributed by atoms with Gasteiger partial charge in [-0.1, -0.05) is 12.1 Å². The van der Waals surface area contributed by atoms with Gasteiger partial charge in [0.1, 0.15) is 0 Å². The Balaban J connectivity index is 2.61. The lowest BCUT2D eigenvalue weighted by Gasteiger charge is -2.13. The largest absolute Gasteiger partial charge is 0.478 e. The summed E-state index contributed by atoms with van der Waals surface area (Å²) in [5, 5.41) is 17.6. The van der Waals surface area contributed by atoms with Crippen molar-refractivity contribution in [3.05, 3.63) is 69.8 Å². The summed E-state index contributed by atoms with van der Waals surface area (Å²) in [6.07, 6.45) is -10.3. The van der Waals surface area contributed by atoms with Gasteiger partial charge in [0, 0.05) is 11.1 Å². The molecule has 0 saturated carbocycles. The molecule has 0 aliphatic heterocycles. The molecule has 148 valence electrons. The van der Waals surface area contributed by atoms with Gasteiger partial charge < -0.3 is 10.2 Å². The van der Waals surface area contributed by atoms with E-state index in [4.69, 9.17) is 10.2 Å². The van der Waals surface area contributed by atoms with Crippen LogP contribution in [0.3, 0.4) is 0 Å². The van der Waals surface area contributed by atoms with Gasteiger partial charge >= 0.3 is 24.3 Å². The number of alkyl halides is 6. The Morgan fingerprint density at radius 2 is 0.964 bits per heavy atom. The minimum absolute atomic E-state index is 0.212. The van der Waals surface area contributed by atoms with Crippen molar-refractivity contribution in [1.29, 1.82) is 0 Å². The monoisotopic (exact) mass is 406 g/mol. The first kappa shape index (κ1) is 20.9. The Labute approximate surface area is 151 Å². The molecule has 2 N–H and O–H groups in total. The van der Waals surface area contributed by atoms with E-state index in [9.17, 15) is 40.7 Å². The van der Waals surface area contributed by atoms with Crippen molar-refractivity contribution in [2.24, 2.45) is 0 Å². The number of carboxylic acids is 2. The number of hydrogen-bond acceptors (Lipinski definition) is 3. The molecule has 11 heteroatoms. The lowest BCUT2D eigenvalue weighted by atomic mass is 9.95. The van der Waals surface area contributed by atoms with Gasteiger partial charge in [0.05, 0.1) is 22.3 Å². The van der Waals surface area contributed by atoms with E-state index in [0.717, 1.165) is 12.1 Å². The Morgan fingerprint density at radius 3 is 1.21 bits per heavy atom. The number of ketones is 1. The molecular weight excluding hydrogens is 398 g/mol. The van der Waals surface area contributed by atoms with Crippen LogP contribution in [-0.2, 0) is 12.4 Å². The fourth-order valence-corrected chi connectivity index (χ4v) is 2.38. The lowest BCUT2D eigenvalue weighted by molar-refractivity contribution is -0.138. The van der Waals surface area contributed by atoms with Crippen LogP contribution in [-0.4, -0.2) is 27.9 Å². The van der Waals surface area contributed by atoms with Gasteiger partial charge in [0.2, 0.25) is 0 Å². The van der Waals surface area contributed by atoms with E-state index in [1.807, 2.05) is 0 Å². The predicted octanol–water partition coefficient (Wildman–Crippen LogP) is 4.35. The van der Waals surface area contributed by atoms with Gasteiger partial charge in [-0.2, -0.15) is 26.3 Å². The molecule has 28 heavy (non-hydrogen) atoms. The summed E-state index contributed by atoms with van der Waals surface area (Å²) >= 11 is 0. The summed E-state index contributed by atoms with van der Waals surface area (Å²) in [6, 6.07) is 2.89. The van der Waals surface area contributed by atoms with Crippen LogP contribution >= 0.6 is 0 Å². The van der Waals surface area contributed by atoms with E-state index in [1.165, 1.54) is 0 Å². The molecule has 0 spiro atoms. The lowest BCUT2D eigenvalue weighted by Crippen LogP contribution is -2.16. The number of carboxylic acid groups (broad SMARTS) is 2. The summed E-state index contributed by atoms with van der Waals surface area (Å²) in [4.78, 5) is 34.2. The van der Waals surface area contributed by atoms with Crippen LogP contribution in [0.15, 0.2) is 36.4 Å². The molecule has 5 nitrogen and oxygen atoms in total. The Morgan fingerprint density at radius 1 is 0.643 bits per heavy atom. The average molecular weight is 406 g/mol. The first-order valence-electron chi connectivity index (χ1n) is 7.17. The van der Waals surface area contributed by atoms with E-state index >= 15 is 0 Å². The molecule has 0 bridgehead atoms. The fraction of sp³-hybridized carbons (Fsp3) is 0.118. The zero-order valence-corrected chi connectivity index (χ0v) is 13.4. The zero-order valence-electron chi connectivity index (χ0n) is 13.4. The highest BCUT2D eigenvalue weighted by Crippen LogP contribution is 2.35.